The van der Waals surface area contributed by atoms with Gasteiger partial charge in [0.05, 0.1) is 12.7 Å². The maximum absolute atomic E-state index is 11.3. The van der Waals surface area contributed by atoms with Crippen LogP contribution in [0.3, 0.4) is 0 Å². The van der Waals surface area contributed by atoms with Crippen molar-refractivity contribution in [1.82, 2.24) is 0 Å². The van der Waals surface area contributed by atoms with E-state index in [1.165, 1.54) is 7.11 Å². The van der Waals surface area contributed by atoms with Gasteiger partial charge in [-0.25, -0.2) is 4.79 Å². The predicted octanol–water partition coefficient (Wildman–Crippen LogP) is 2.18. The molecule has 0 aromatic heterocycles. The fraction of sp³-hybridized carbons (Fsp3) is 0.417. The smallest absolute Gasteiger partial charge is 0.337 e. The highest BCUT2D eigenvalue weighted by Gasteiger charge is 2.08. The number of ether oxygens (including phenoxy) is 2. The van der Waals surface area contributed by atoms with Gasteiger partial charge in [0.2, 0.25) is 0 Å². The van der Waals surface area contributed by atoms with E-state index in [-0.39, 0.29) is 5.97 Å². The number of carbonyl (C=O) groups excluding carboxylic acids is 1. The summed E-state index contributed by atoms with van der Waals surface area (Å²) in [5, 5.41) is 0. The number of nitrogens with two attached hydrogens (primary N) is 1. The summed E-state index contributed by atoms with van der Waals surface area (Å²) in [4.78, 5) is 12.3. The van der Waals surface area contributed by atoms with Crippen LogP contribution >= 0.6 is 11.8 Å². The van der Waals surface area contributed by atoms with Crippen molar-refractivity contribution in [2.45, 2.75) is 11.3 Å². The van der Waals surface area contributed by atoms with Gasteiger partial charge in [-0.05, 0) is 24.6 Å². The molecule has 0 heterocycles. The lowest BCUT2D eigenvalue weighted by atomic mass is 10.2. The lowest BCUT2D eigenvalue weighted by Crippen LogP contribution is -2.02. The van der Waals surface area contributed by atoms with E-state index in [4.69, 9.17) is 10.5 Å². The molecule has 0 saturated heterocycles. The molecule has 0 radical (unpaired) electrons. The Hall–Kier alpha value is -1.20. The molecule has 0 bridgehead atoms. The third-order valence-corrected chi connectivity index (χ3v) is 3.36. The average molecular weight is 255 g/mol. The normalized spacial score (nSPS) is 10.2. The second-order valence-electron chi connectivity index (χ2n) is 3.44. The van der Waals surface area contributed by atoms with Crippen molar-refractivity contribution in [3.8, 4) is 0 Å². The zero-order valence-corrected chi connectivity index (χ0v) is 10.9. The quantitative estimate of drug-likeness (QED) is 0.365. The number of esters is 1. The molecular formula is C12H17NO3S. The summed E-state index contributed by atoms with van der Waals surface area (Å²) in [6.07, 6.45) is 0.972. The molecule has 94 valence electrons. The van der Waals surface area contributed by atoms with Crippen LogP contribution in [0.2, 0.25) is 0 Å². The minimum Gasteiger partial charge on any atom is -0.465 e. The van der Waals surface area contributed by atoms with Crippen LogP contribution in [0.15, 0.2) is 23.1 Å². The summed E-state index contributed by atoms with van der Waals surface area (Å²) in [6.45, 7) is 0.743. The minimum atomic E-state index is -0.368. The SMILES string of the molecule is COCCCSc1ccc(C(=O)OC)cc1N. The molecule has 0 saturated carbocycles. The first kappa shape index (κ1) is 13.9. The Labute approximate surface area is 105 Å². The molecule has 1 aromatic carbocycles. The highest BCUT2D eigenvalue weighted by atomic mass is 32.2. The summed E-state index contributed by atoms with van der Waals surface area (Å²) >= 11 is 1.66. The molecule has 0 atom stereocenters. The maximum Gasteiger partial charge on any atom is 0.337 e. The number of methoxy groups -OCH3 is 2. The molecule has 0 spiro atoms. The number of carbonyl (C=O) groups is 1. The van der Waals surface area contributed by atoms with Crippen LogP contribution in [0.25, 0.3) is 0 Å². The first-order chi connectivity index (χ1) is 8.19. The Morgan fingerprint density at radius 3 is 2.76 bits per heavy atom. The van der Waals surface area contributed by atoms with Crippen LogP contribution in [0.5, 0.6) is 0 Å². The average Bonchev–Trinajstić information content (AvgIpc) is 2.35. The summed E-state index contributed by atoms with van der Waals surface area (Å²) in [6, 6.07) is 5.21. The van der Waals surface area contributed by atoms with Gasteiger partial charge >= 0.3 is 5.97 Å². The summed E-state index contributed by atoms with van der Waals surface area (Å²) < 4.78 is 9.60. The van der Waals surface area contributed by atoms with Gasteiger partial charge in [0.1, 0.15) is 0 Å². The minimum absolute atomic E-state index is 0.368. The monoisotopic (exact) mass is 255 g/mol. The Balaban J connectivity index is 2.60. The van der Waals surface area contributed by atoms with Gasteiger partial charge in [-0.3, -0.25) is 0 Å². The lowest BCUT2D eigenvalue weighted by molar-refractivity contribution is 0.0600. The highest BCUT2D eigenvalue weighted by molar-refractivity contribution is 7.99. The van der Waals surface area contributed by atoms with Crippen LogP contribution in [-0.2, 0) is 9.47 Å². The predicted molar refractivity (Wildman–Crippen MR) is 69.4 cm³/mol. The third kappa shape index (κ3) is 4.28. The number of anilines is 1. The van der Waals surface area contributed by atoms with Crippen LogP contribution in [-0.4, -0.2) is 32.5 Å². The molecule has 0 aliphatic rings. The van der Waals surface area contributed by atoms with E-state index in [2.05, 4.69) is 4.74 Å². The molecule has 0 fully saturated rings. The zero-order chi connectivity index (χ0) is 12.7. The fourth-order valence-electron chi connectivity index (χ4n) is 1.31. The molecule has 0 aliphatic carbocycles. The van der Waals surface area contributed by atoms with Gasteiger partial charge in [-0.15, -0.1) is 11.8 Å². The second-order valence-corrected chi connectivity index (χ2v) is 4.58. The first-order valence-electron chi connectivity index (χ1n) is 5.28. The Morgan fingerprint density at radius 2 is 2.18 bits per heavy atom. The molecule has 5 heteroatoms. The summed E-state index contributed by atoms with van der Waals surface area (Å²) in [5.74, 6) is 0.572. The van der Waals surface area contributed by atoms with Gasteiger partial charge in [0.25, 0.3) is 0 Å². The molecule has 0 aliphatic heterocycles. The van der Waals surface area contributed by atoms with Crippen molar-refractivity contribution in [2.24, 2.45) is 0 Å². The van der Waals surface area contributed by atoms with Crippen molar-refractivity contribution >= 4 is 23.4 Å². The van der Waals surface area contributed by atoms with E-state index in [0.717, 1.165) is 23.7 Å². The Morgan fingerprint density at radius 1 is 1.41 bits per heavy atom. The van der Waals surface area contributed by atoms with Crippen LogP contribution < -0.4 is 5.73 Å². The van der Waals surface area contributed by atoms with Crippen molar-refractivity contribution in [1.29, 1.82) is 0 Å². The van der Waals surface area contributed by atoms with Crippen molar-refractivity contribution in [2.75, 3.05) is 32.3 Å². The molecule has 0 unspecified atom stereocenters. The zero-order valence-electron chi connectivity index (χ0n) is 10.1. The van der Waals surface area contributed by atoms with Gasteiger partial charge in [-0.2, -0.15) is 0 Å². The molecular weight excluding hydrogens is 238 g/mol. The third-order valence-electron chi connectivity index (χ3n) is 2.18. The van der Waals surface area contributed by atoms with E-state index in [1.807, 2.05) is 6.07 Å². The van der Waals surface area contributed by atoms with E-state index in [0.29, 0.717) is 11.3 Å². The molecule has 0 amide bonds. The highest BCUT2D eigenvalue weighted by Crippen LogP contribution is 2.26. The van der Waals surface area contributed by atoms with Gasteiger partial charge in [0, 0.05) is 30.1 Å². The second kappa shape index (κ2) is 7.19. The van der Waals surface area contributed by atoms with Gasteiger partial charge < -0.3 is 15.2 Å². The van der Waals surface area contributed by atoms with Gasteiger partial charge in [0.15, 0.2) is 0 Å². The van der Waals surface area contributed by atoms with Crippen molar-refractivity contribution < 1.29 is 14.3 Å². The Bertz CT molecular complexity index is 382. The summed E-state index contributed by atoms with van der Waals surface area (Å²) in [7, 11) is 3.04. The number of rotatable bonds is 6. The van der Waals surface area contributed by atoms with Crippen molar-refractivity contribution in [3.63, 3.8) is 0 Å². The largest absolute Gasteiger partial charge is 0.465 e. The standard InChI is InChI=1S/C12H17NO3S/c1-15-6-3-7-17-11-5-4-9(8-10(11)13)12(14)16-2/h4-5,8H,3,6-7,13H2,1-2H3. The number of hydrogen-bond acceptors (Lipinski definition) is 5. The van der Waals surface area contributed by atoms with E-state index in [1.54, 1.807) is 31.0 Å². The number of thioether (sulfide) groups is 1. The summed E-state index contributed by atoms with van der Waals surface area (Å²) in [5.41, 5.74) is 6.95. The number of benzene rings is 1. The van der Waals surface area contributed by atoms with Crippen LogP contribution in [0.4, 0.5) is 5.69 Å². The van der Waals surface area contributed by atoms with E-state index in [9.17, 15) is 4.79 Å². The van der Waals surface area contributed by atoms with Crippen LogP contribution in [0, 0.1) is 0 Å². The molecule has 4 nitrogen and oxygen atoms in total. The van der Waals surface area contributed by atoms with Crippen molar-refractivity contribution in [3.05, 3.63) is 23.8 Å². The molecule has 2 N–H and O–H groups in total. The number of hydrogen-bond donors (Lipinski definition) is 1. The van der Waals surface area contributed by atoms with E-state index >= 15 is 0 Å². The Kier molecular flexibility index (Phi) is 5.86. The topological polar surface area (TPSA) is 61.5 Å². The first-order valence-corrected chi connectivity index (χ1v) is 6.27. The molecule has 17 heavy (non-hydrogen) atoms. The lowest BCUT2D eigenvalue weighted by Gasteiger charge is -2.07. The van der Waals surface area contributed by atoms with E-state index < -0.39 is 0 Å². The van der Waals surface area contributed by atoms with Crippen LogP contribution in [0.1, 0.15) is 16.8 Å². The molecule has 1 rings (SSSR count). The maximum atomic E-state index is 11.3. The molecule has 1 aromatic rings. The van der Waals surface area contributed by atoms with Gasteiger partial charge in [-0.1, -0.05) is 0 Å². The fourth-order valence-corrected chi connectivity index (χ4v) is 2.18. The number of nitrogen functional groups attached to an aromatic ring is 1.